The van der Waals surface area contributed by atoms with Crippen LogP contribution in [0.5, 0.6) is 11.5 Å². The fourth-order valence-corrected chi connectivity index (χ4v) is 1.39. The van der Waals surface area contributed by atoms with Crippen LogP contribution in [0.2, 0.25) is 0 Å². The predicted octanol–water partition coefficient (Wildman–Crippen LogP) is 1.89. The smallest absolute Gasteiger partial charge is 0.143 e. The number of benzene rings is 1. The van der Waals surface area contributed by atoms with Crippen molar-refractivity contribution in [3.63, 3.8) is 0 Å². The lowest BCUT2D eigenvalue weighted by atomic mass is 10.2. The molecule has 0 unspecified atom stereocenters. The Bertz CT molecular complexity index is 312. The third-order valence-corrected chi connectivity index (χ3v) is 2.09. The summed E-state index contributed by atoms with van der Waals surface area (Å²) in [5.41, 5.74) is 1.01. The average Bonchev–Trinajstić information content (AvgIpc) is 2.17. The molecular weight excluding hydrogens is 166 g/mol. The summed E-state index contributed by atoms with van der Waals surface area (Å²) in [5.74, 6) is 1.75. The molecule has 1 aliphatic rings. The molecule has 13 heavy (non-hydrogen) atoms. The van der Waals surface area contributed by atoms with Crippen molar-refractivity contribution in [3.05, 3.63) is 18.2 Å². The van der Waals surface area contributed by atoms with E-state index in [0.29, 0.717) is 0 Å². The second kappa shape index (κ2) is 3.17. The maximum atomic E-state index is 5.61. The molecule has 70 valence electrons. The van der Waals surface area contributed by atoms with Crippen molar-refractivity contribution in [1.29, 1.82) is 0 Å². The third-order valence-electron chi connectivity index (χ3n) is 2.09. The molecule has 1 aromatic carbocycles. The zero-order valence-corrected chi connectivity index (χ0v) is 7.83. The summed E-state index contributed by atoms with van der Waals surface area (Å²) >= 11 is 0. The van der Waals surface area contributed by atoms with Crippen LogP contribution in [0.15, 0.2) is 18.2 Å². The molecule has 1 atom stereocenters. The van der Waals surface area contributed by atoms with Gasteiger partial charge in [0.05, 0.1) is 19.3 Å². The minimum atomic E-state index is 0.237. The highest BCUT2D eigenvalue weighted by Crippen LogP contribution is 2.32. The second-order valence-electron chi connectivity index (χ2n) is 3.17. The number of rotatable bonds is 1. The highest BCUT2D eigenvalue weighted by molar-refractivity contribution is 5.61. The van der Waals surface area contributed by atoms with Gasteiger partial charge in [0.15, 0.2) is 0 Å². The SMILES string of the molecule is COc1ccc2c(c1)NC[C@@H](C)O2. The summed E-state index contributed by atoms with van der Waals surface area (Å²) in [7, 11) is 1.66. The van der Waals surface area contributed by atoms with Crippen molar-refractivity contribution in [3.8, 4) is 11.5 Å². The Balaban J connectivity index is 2.31. The number of nitrogens with one attached hydrogen (secondary N) is 1. The van der Waals surface area contributed by atoms with Crippen molar-refractivity contribution >= 4 is 5.69 Å². The lowest BCUT2D eigenvalue weighted by molar-refractivity contribution is 0.225. The number of methoxy groups -OCH3 is 1. The van der Waals surface area contributed by atoms with Crippen LogP contribution >= 0.6 is 0 Å². The summed E-state index contributed by atoms with van der Waals surface area (Å²) in [6.07, 6.45) is 0.237. The van der Waals surface area contributed by atoms with Gasteiger partial charge < -0.3 is 14.8 Å². The van der Waals surface area contributed by atoms with Gasteiger partial charge in [0.25, 0.3) is 0 Å². The quantitative estimate of drug-likeness (QED) is 0.714. The fraction of sp³-hybridized carbons (Fsp3) is 0.400. The van der Waals surface area contributed by atoms with Crippen LogP contribution in [0.3, 0.4) is 0 Å². The van der Waals surface area contributed by atoms with E-state index in [-0.39, 0.29) is 6.10 Å². The lowest BCUT2D eigenvalue weighted by Gasteiger charge is -2.24. The number of hydrogen-bond donors (Lipinski definition) is 1. The van der Waals surface area contributed by atoms with Crippen molar-refractivity contribution in [2.75, 3.05) is 19.0 Å². The third kappa shape index (κ3) is 1.54. The van der Waals surface area contributed by atoms with Gasteiger partial charge in [0.1, 0.15) is 17.6 Å². The van der Waals surface area contributed by atoms with E-state index in [4.69, 9.17) is 9.47 Å². The zero-order chi connectivity index (χ0) is 9.26. The first kappa shape index (κ1) is 8.23. The van der Waals surface area contributed by atoms with Gasteiger partial charge in [0.2, 0.25) is 0 Å². The van der Waals surface area contributed by atoms with Crippen LogP contribution in [0.25, 0.3) is 0 Å². The standard InChI is InChI=1S/C10H13NO2/c1-7-6-11-9-5-8(12-2)3-4-10(9)13-7/h3-5,7,11H,6H2,1-2H3/t7-/m1/s1. The van der Waals surface area contributed by atoms with Gasteiger partial charge >= 0.3 is 0 Å². The molecule has 0 amide bonds. The topological polar surface area (TPSA) is 30.5 Å². The minimum absolute atomic E-state index is 0.237. The predicted molar refractivity (Wildman–Crippen MR) is 51.6 cm³/mol. The molecule has 1 N–H and O–H groups in total. The first-order valence-corrected chi connectivity index (χ1v) is 4.38. The van der Waals surface area contributed by atoms with Crippen molar-refractivity contribution in [2.24, 2.45) is 0 Å². The monoisotopic (exact) mass is 179 g/mol. The maximum absolute atomic E-state index is 5.61. The summed E-state index contributed by atoms with van der Waals surface area (Å²) in [6, 6.07) is 5.77. The Morgan fingerprint density at radius 3 is 3.15 bits per heavy atom. The van der Waals surface area contributed by atoms with Crippen LogP contribution in [0.1, 0.15) is 6.92 Å². The molecule has 2 rings (SSSR count). The Labute approximate surface area is 77.7 Å². The highest BCUT2D eigenvalue weighted by Gasteiger charge is 2.15. The Kier molecular flexibility index (Phi) is 2.00. The molecular formula is C10H13NO2. The van der Waals surface area contributed by atoms with E-state index in [9.17, 15) is 0 Å². The van der Waals surface area contributed by atoms with Gasteiger partial charge in [-0.15, -0.1) is 0 Å². The van der Waals surface area contributed by atoms with Crippen molar-refractivity contribution < 1.29 is 9.47 Å². The molecule has 0 aromatic heterocycles. The van der Waals surface area contributed by atoms with Gasteiger partial charge in [-0.05, 0) is 19.1 Å². The molecule has 0 saturated carbocycles. The van der Waals surface area contributed by atoms with Gasteiger partial charge in [-0.1, -0.05) is 0 Å². The highest BCUT2D eigenvalue weighted by atomic mass is 16.5. The second-order valence-corrected chi connectivity index (χ2v) is 3.17. The molecule has 0 spiro atoms. The van der Waals surface area contributed by atoms with Crippen LogP contribution in [-0.4, -0.2) is 19.8 Å². The Hall–Kier alpha value is -1.38. The van der Waals surface area contributed by atoms with E-state index in [1.165, 1.54) is 0 Å². The van der Waals surface area contributed by atoms with E-state index in [1.54, 1.807) is 7.11 Å². The Morgan fingerprint density at radius 2 is 2.38 bits per heavy atom. The molecule has 3 nitrogen and oxygen atoms in total. The van der Waals surface area contributed by atoms with Crippen LogP contribution < -0.4 is 14.8 Å². The summed E-state index contributed by atoms with van der Waals surface area (Å²) in [6.45, 7) is 2.89. The molecule has 1 aliphatic heterocycles. The summed E-state index contributed by atoms with van der Waals surface area (Å²) in [4.78, 5) is 0. The normalized spacial score (nSPS) is 19.7. The molecule has 0 fully saturated rings. The lowest BCUT2D eigenvalue weighted by Crippen LogP contribution is -2.27. The minimum Gasteiger partial charge on any atom is -0.497 e. The molecule has 1 heterocycles. The van der Waals surface area contributed by atoms with Crippen LogP contribution in [-0.2, 0) is 0 Å². The number of ether oxygens (including phenoxy) is 2. The van der Waals surface area contributed by atoms with Crippen LogP contribution in [0.4, 0.5) is 5.69 Å². The maximum Gasteiger partial charge on any atom is 0.143 e. The van der Waals surface area contributed by atoms with Crippen LogP contribution in [0, 0.1) is 0 Å². The average molecular weight is 179 g/mol. The number of fused-ring (bicyclic) bond motifs is 1. The largest absolute Gasteiger partial charge is 0.497 e. The molecule has 0 aliphatic carbocycles. The number of anilines is 1. The van der Waals surface area contributed by atoms with E-state index >= 15 is 0 Å². The molecule has 0 radical (unpaired) electrons. The fourth-order valence-electron chi connectivity index (χ4n) is 1.39. The molecule has 0 saturated heterocycles. The van der Waals surface area contributed by atoms with Gasteiger partial charge in [-0.3, -0.25) is 0 Å². The van der Waals surface area contributed by atoms with E-state index in [1.807, 2.05) is 25.1 Å². The zero-order valence-electron chi connectivity index (χ0n) is 7.83. The van der Waals surface area contributed by atoms with E-state index < -0.39 is 0 Å². The number of hydrogen-bond acceptors (Lipinski definition) is 3. The Morgan fingerprint density at radius 1 is 1.54 bits per heavy atom. The molecule has 0 bridgehead atoms. The first-order valence-electron chi connectivity index (χ1n) is 4.38. The van der Waals surface area contributed by atoms with Gasteiger partial charge in [-0.25, -0.2) is 0 Å². The summed E-state index contributed by atoms with van der Waals surface area (Å²) < 4.78 is 10.7. The van der Waals surface area contributed by atoms with E-state index in [0.717, 1.165) is 23.7 Å². The molecule has 1 aromatic rings. The summed E-state index contributed by atoms with van der Waals surface area (Å²) in [5, 5.41) is 3.28. The van der Waals surface area contributed by atoms with Gasteiger partial charge in [-0.2, -0.15) is 0 Å². The van der Waals surface area contributed by atoms with Crippen molar-refractivity contribution in [1.82, 2.24) is 0 Å². The van der Waals surface area contributed by atoms with Crippen molar-refractivity contribution in [2.45, 2.75) is 13.0 Å². The first-order chi connectivity index (χ1) is 6.29. The van der Waals surface area contributed by atoms with E-state index in [2.05, 4.69) is 5.32 Å². The van der Waals surface area contributed by atoms with Gasteiger partial charge in [0, 0.05) is 6.07 Å². The molecule has 3 heteroatoms.